The number of hydrogen-bond donors (Lipinski definition) is 3. The molecule has 0 saturated carbocycles. The van der Waals surface area contributed by atoms with Gasteiger partial charge in [-0.2, -0.15) is 0 Å². The van der Waals surface area contributed by atoms with Crippen molar-refractivity contribution in [3.63, 3.8) is 0 Å². The van der Waals surface area contributed by atoms with Gasteiger partial charge in [0.25, 0.3) is 0 Å². The number of phosphoric acid groups is 2. The van der Waals surface area contributed by atoms with E-state index < -0.39 is 97.5 Å². The average molecular weight is 1480 g/mol. The molecule has 0 heterocycles. The largest absolute Gasteiger partial charge is 0.472 e. The molecule has 0 aromatic rings. The standard InChI is InChI=1S/C82H160O17P2/c1-7-10-12-14-16-17-34-42-48-54-60-66-81(86)98-77(70-92-79(84)64-58-52-44-15-13-11-8-2)72-96-100(88,89)94-68-76(83)69-95-101(90,91)97-73-78(71-93-80(85)65-59-53-47-41-37-32-28-24-20-18-22-26-30-35-39-45-50-56-62-74(4)5)99-82(87)67-61-55-49-43-38-33-29-25-21-19-23-27-31-36-40-46-51-57-63-75(6)9-3/h74-78,83H,7-73H2,1-6H3,(H,88,89)(H,90,91)/t75?,76-,77+,78+/m0/s1. The fourth-order valence-corrected chi connectivity index (χ4v) is 14.3. The molecule has 0 amide bonds. The third kappa shape index (κ3) is 74.7. The number of ether oxygens (including phenoxy) is 4. The Labute approximate surface area is 619 Å². The van der Waals surface area contributed by atoms with Crippen LogP contribution in [0.2, 0.25) is 0 Å². The number of aliphatic hydroxyl groups is 1. The van der Waals surface area contributed by atoms with E-state index in [0.717, 1.165) is 115 Å². The summed E-state index contributed by atoms with van der Waals surface area (Å²) in [4.78, 5) is 72.8. The molecule has 0 aromatic carbocycles. The summed E-state index contributed by atoms with van der Waals surface area (Å²) in [6.07, 6.45) is 64.1. The lowest BCUT2D eigenvalue weighted by atomic mass is 9.99. The first-order valence-corrected chi connectivity index (χ1v) is 45.5. The SMILES string of the molecule is CCCCCCCCCCCCCC(=O)O[C@H](COC(=O)CCCCCCCCC)COP(=O)(O)OC[C@H](O)COP(=O)(O)OC[C@@H](COC(=O)CCCCCCCCCCCCCCCCCCCCC(C)C)OC(=O)CCCCCCCCCCCCCCCCCCCCC(C)CC. The second-order valence-corrected chi connectivity index (χ2v) is 33.1. The lowest BCUT2D eigenvalue weighted by molar-refractivity contribution is -0.161. The molecule has 3 N–H and O–H groups in total. The summed E-state index contributed by atoms with van der Waals surface area (Å²) in [5, 5.41) is 10.6. The number of rotatable bonds is 81. The summed E-state index contributed by atoms with van der Waals surface area (Å²) in [7, 11) is -9.91. The Morgan fingerprint density at radius 2 is 0.505 bits per heavy atom. The first kappa shape index (κ1) is 99.1. The smallest absolute Gasteiger partial charge is 0.462 e. The molecule has 600 valence electrons. The monoisotopic (exact) mass is 1480 g/mol. The third-order valence-corrected chi connectivity index (χ3v) is 21.5. The van der Waals surface area contributed by atoms with Gasteiger partial charge in [0.2, 0.25) is 0 Å². The number of hydrogen-bond acceptors (Lipinski definition) is 15. The van der Waals surface area contributed by atoms with Crippen LogP contribution >= 0.6 is 15.6 Å². The molecule has 0 aliphatic heterocycles. The van der Waals surface area contributed by atoms with Gasteiger partial charge in [-0.25, -0.2) is 9.13 Å². The Bertz CT molecular complexity index is 1940. The molecule has 0 aliphatic rings. The molecule has 17 nitrogen and oxygen atoms in total. The van der Waals surface area contributed by atoms with Crippen molar-refractivity contribution in [2.75, 3.05) is 39.6 Å². The van der Waals surface area contributed by atoms with Gasteiger partial charge in [0.1, 0.15) is 19.3 Å². The van der Waals surface area contributed by atoms with Crippen LogP contribution in [-0.2, 0) is 65.4 Å². The predicted molar refractivity (Wildman–Crippen MR) is 414 cm³/mol. The minimum absolute atomic E-state index is 0.107. The third-order valence-electron chi connectivity index (χ3n) is 19.6. The van der Waals surface area contributed by atoms with Gasteiger partial charge in [0.05, 0.1) is 26.4 Å². The molecule has 0 aromatic heterocycles. The Morgan fingerprint density at radius 3 is 0.752 bits per heavy atom. The van der Waals surface area contributed by atoms with Gasteiger partial charge in [0.15, 0.2) is 12.2 Å². The van der Waals surface area contributed by atoms with Gasteiger partial charge >= 0.3 is 39.5 Å². The summed E-state index contributed by atoms with van der Waals surface area (Å²) >= 11 is 0. The molecule has 0 fully saturated rings. The van der Waals surface area contributed by atoms with Crippen LogP contribution in [0.3, 0.4) is 0 Å². The molecule has 101 heavy (non-hydrogen) atoms. The first-order chi connectivity index (χ1) is 48.9. The van der Waals surface area contributed by atoms with E-state index in [4.69, 9.17) is 37.0 Å². The zero-order valence-corrected chi connectivity index (χ0v) is 68.0. The number of phosphoric ester groups is 2. The van der Waals surface area contributed by atoms with Crippen molar-refractivity contribution in [3.05, 3.63) is 0 Å². The summed E-state index contributed by atoms with van der Waals surface area (Å²) in [5.41, 5.74) is 0. The van der Waals surface area contributed by atoms with Crippen molar-refractivity contribution >= 4 is 39.5 Å². The Kier molecular flexibility index (Phi) is 72.2. The van der Waals surface area contributed by atoms with Crippen molar-refractivity contribution in [2.24, 2.45) is 11.8 Å². The molecule has 0 spiro atoms. The van der Waals surface area contributed by atoms with Crippen LogP contribution in [0.5, 0.6) is 0 Å². The zero-order valence-electron chi connectivity index (χ0n) is 66.2. The van der Waals surface area contributed by atoms with E-state index in [1.165, 1.54) is 238 Å². The number of carbonyl (C=O) groups excluding carboxylic acids is 4. The fraction of sp³-hybridized carbons (Fsp3) is 0.951. The summed E-state index contributed by atoms with van der Waals surface area (Å²) in [6, 6.07) is 0. The topological polar surface area (TPSA) is 237 Å². The highest BCUT2D eigenvalue weighted by Gasteiger charge is 2.30. The van der Waals surface area contributed by atoms with E-state index in [-0.39, 0.29) is 25.7 Å². The van der Waals surface area contributed by atoms with Gasteiger partial charge in [-0.05, 0) is 37.5 Å². The summed E-state index contributed by atoms with van der Waals surface area (Å²) < 4.78 is 68.5. The quantitative estimate of drug-likeness (QED) is 0.0222. The van der Waals surface area contributed by atoms with Gasteiger partial charge in [-0.3, -0.25) is 37.3 Å². The molecular weight excluding hydrogens is 1320 g/mol. The van der Waals surface area contributed by atoms with Crippen LogP contribution in [0.15, 0.2) is 0 Å². The normalized spacial score (nSPS) is 14.2. The van der Waals surface area contributed by atoms with Crippen LogP contribution in [0.4, 0.5) is 0 Å². The molecule has 0 saturated heterocycles. The maximum Gasteiger partial charge on any atom is 0.472 e. The van der Waals surface area contributed by atoms with Gasteiger partial charge in [-0.1, -0.05) is 382 Å². The Balaban J connectivity index is 5.14. The average Bonchev–Trinajstić information content (AvgIpc) is 0.941. The molecule has 6 atom stereocenters. The molecule has 0 bridgehead atoms. The number of unbranched alkanes of at least 4 members (excludes halogenated alkanes) is 50. The lowest BCUT2D eigenvalue weighted by Crippen LogP contribution is -2.30. The van der Waals surface area contributed by atoms with Crippen molar-refractivity contribution in [1.29, 1.82) is 0 Å². The highest BCUT2D eigenvalue weighted by molar-refractivity contribution is 7.47. The van der Waals surface area contributed by atoms with Crippen LogP contribution in [0.25, 0.3) is 0 Å². The molecule has 0 aliphatic carbocycles. The minimum Gasteiger partial charge on any atom is -0.462 e. The van der Waals surface area contributed by atoms with Crippen LogP contribution in [0.1, 0.15) is 433 Å². The van der Waals surface area contributed by atoms with E-state index >= 15 is 0 Å². The van der Waals surface area contributed by atoms with Crippen molar-refractivity contribution in [2.45, 2.75) is 452 Å². The Hall–Kier alpha value is -1.94. The number of esters is 4. The highest BCUT2D eigenvalue weighted by Crippen LogP contribution is 2.45. The summed E-state index contributed by atoms with van der Waals surface area (Å²) in [5.74, 6) is -0.419. The van der Waals surface area contributed by atoms with Gasteiger partial charge in [-0.15, -0.1) is 0 Å². The predicted octanol–water partition coefficient (Wildman–Crippen LogP) is 24.7. The van der Waals surface area contributed by atoms with Crippen LogP contribution < -0.4 is 0 Å². The number of carbonyl (C=O) groups is 4. The van der Waals surface area contributed by atoms with Gasteiger partial charge < -0.3 is 33.8 Å². The highest BCUT2D eigenvalue weighted by atomic mass is 31.2. The second-order valence-electron chi connectivity index (χ2n) is 30.2. The van der Waals surface area contributed by atoms with E-state index in [0.29, 0.717) is 25.7 Å². The van der Waals surface area contributed by atoms with Crippen molar-refractivity contribution in [3.8, 4) is 0 Å². The van der Waals surface area contributed by atoms with Crippen molar-refractivity contribution in [1.82, 2.24) is 0 Å². The van der Waals surface area contributed by atoms with E-state index in [1.54, 1.807) is 0 Å². The molecule has 0 radical (unpaired) electrons. The maximum atomic E-state index is 13.1. The summed E-state index contributed by atoms with van der Waals surface area (Å²) in [6.45, 7) is 9.69. The second kappa shape index (κ2) is 73.6. The molecule has 3 unspecified atom stereocenters. The fourth-order valence-electron chi connectivity index (χ4n) is 12.7. The Morgan fingerprint density at radius 1 is 0.287 bits per heavy atom. The lowest BCUT2D eigenvalue weighted by Gasteiger charge is -2.21. The van der Waals surface area contributed by atoms with Crippen LogP contribution in [0, 0.1) is 11.8 Å². The van der Waals surface area contributed by atoms with Crippen molar-refractivity contribution < 1.29 is 80.2 Å². The van der Waals surface area contributed by atoms with Gasteiger partial charge in [0, 0.05) is 25.7 Å². The molecule has 19 heteroatoms. The first-order valence-electron chi connectivity index (χ1n) is 42.5. The van der Waals surface area contributed by atoms with E-state index in [2.05, 4.69) is 41.5 Å². The minimum atomic E-state index is -4.96. The molecular formula is C82H160O17P2. The number of aliphatic hydroxyl groups excluding tert-OH is 1. The van der Waals surface area contributed by atoms with Crippen LogP contribution in [-0.4, -0.2) is 96.7 Å². The maximum absolute atomic E-state index is 13.1. The van der Waals surface area contributed by atoms with E-state index in [9.17, 15) is 43.2 Å². The molecule has 0 rings (SSSR count). The van der Waals surface area contributed by atoms with E-state index in [1.807, 2.05) is 0 Å². The zero-order chi connectivity index (χ0) is 74.2.